The van der Waals surface area contributed by atoms with Crippen molar-refractivity contribution in [2.75, 3.05) is 19.6 Å². The van der Waals surface area contributed by atoms with Gasteiger partial charge in [-0.05, 0) is 50.4 Å². The molecule has 3 heteroatoms. The quantitative estimate of drug-likeness (QED) is 0.900. The Morgan fingerprint density at radius 2 is 1.90 bits per heavy atom. The van der Waals surface area contributed by atoms with Crippen molar-refractivity contribution in [1.29, 1.82) is 0 Å². The number of nitrogens with one attached hydrogen (secondary N) is 1. The summed E-state index contributed by atoms with van der Waals surface area (Å²) in [5.74, 6) is 0. The van der Waals surface area contributed by atoms with Crippen LogP contribution in [-0.4, -0.2) is 36.7 Å². The van der Waals surface area contributed by atoms with Gasteiger partial charge in [-0.3, -0.25) is 4.90 Å². The highest BCUT2D eigenvalue weighted by molar-refractivity contribution is 5.14. The van der Waals surface area contributed by atoms with E-state index in [1.807, 2.05) is 6.26 Å². The molecule has 1 aromatic carbocycles. The van der Waals surface area contributed by atoms with Crippen LogP contribution in [0, 0.1) is 0 Å². The Morgan fingerprint density at radius 1 is 1.10 bits per heavy atom. The van der Waals surface area contributed by atoms with Gasteiger partial charge in [-0.25, -0.2) is 0 Å². The number of rotatable bonds is 5. The van der Waals surface area contributed by atoms with Gasteiger partial charge in [0, 0.05) is 19.1 Å². The molecule has 0 radical (unpaired) electrons. The van der Waals surface area contributed by atoms with Crippen molar-refractivity contribution in [1.82, 2.24) is 10.2 Å². The average Bonchev–Trinajstić information content (AvgIpc) is 2.56. The average molecular weight is 286 g/mol. The number of benzene rings is 1. The van der Waals surface area contributed by atoms with Gasteiger partial charge in [0.25, 0.3) is 0 Å². The molecule has 2 aliphatic rings. The smallest absolute Gasteiger partial charge is 0.110 e. The van der Waals surface area contributed by atoms with Gasteiger partial charge in [0.05, 0.1) is 6.26 Å². The molecular formula is C18H26N2O. The molecule has 0 bridgehead atoms. The van der Waals surface area contributed by atoms with E-state index < -0.39 is 0 Å². The van der Waals surface area contributed by atoms with Gasteiger partial charge in [0.15, 0.2) is 0 Å². The topological polar surface area (TPSA) is 24.5 Å². The van der Waals surface area contributed by atoms with Crippen LogP contribution in [0.5, 0.6) is 0 Å². The summed E-state index contributed by atoms with van der Waals surface area (Å²) in [6, 6.07) is 11.4. The SMILES string of the molecule is C1=COC(CNC2CCN(Cc3ccccc3)CC2)CC1. The zero-order valence-corrected chi connectivity index (χ0v) is 12.7. The Balaban J connectivity index is 1.36. The minimum Gasteiger partial charge on any atom is -0.497 e. The van der Waals surface area contributed by atoms with Crippen LogP contribution in [0.15, 0.2) is 42.7 Å². The first-order valence-corrected chi connectivity index (χ1v) is 8.20. The predicted molar refractivity (Wildman–Crippen MR) is 86.0 cm³/mol. The lowest BCUT2D eigenvalue weighted by atomic mass is 10.0. The first kappa shape index (κ1) is 14.6. The van der Waals surface area contributed by atoms with E-state index in [9.17, 15) is 0 Å². The molecular weight excluding hydrogens is 260 g/mol. The van der Waals surface area contributed by atoms with E-state index in [0.29, 0.717) is 12.1 Å². The van der Waals surface area contributed by atoms with Crippen molar-refractivity contribution >= 4 is 0 Å². The van der Waals surface area contributed by atoms with Crippen LogP contribution in [0.3, 0.4) is 0 Å². The van der Waals surface area contributed by atoms with Gasteiger partial charge in [0.1, 0.15) is 6.10 Å². The van der Waals surface area contributed by atoms with Gasteiger partial charge in [0.2, 0.25) is 0 Å². The third-order valence-electron chi connectivity index (χ3n) is 4.49. The second-order valence-electron chi connectivity index (χ2n) is 6.15. The van der Waals surface area contributed by atoms with Crippen molar-refractivity contribution in [2.24, 2.45) is 0 Å². The molecule has 1 N–H and O–H groups in total. The largest absolute Gasteiger partial charge is 0.497 e. The van der Waals surface area contributed by atoms with E-state index in [-0.39, 0.29) is 0 Å². The third-order valence-corrected chi connectivity index (χ3v) is 4.49. The fraction of sp³-hybridized carbons (Fsp3) is 0.556. The number of nitrogens with zero attached hydrogens (tertiary/aromatic N) is 1. The van der Waals surface area contributed by atoms with Gasteiger partial charge in [-0.15, -0.1) is 0 Å². The summed E-state index contributed by atoms with van der Waals surface area (Å²) in [5.41, 5.74) is 1.42. The lowest BCUT2D eigenvalue weighted by Crippen LogP contribution is -2.44. The van der Waals surface area contributed by atoms with Crippen molar-refractivity contribution < 1.29 is 4.74 Å². The summed E-state index contributed by atoms with van der Waals surface area (Å²) in [4.78, 5) is 2.56. The number of hydrogen-bond acceptors (Lipinski definition) is 3. The molecule has 3 nitrogen and oxygen atoms in total. The van der Waals surface area contributed by atoms with Crippen molar-refractivity contribution in [2.45, 2.75) is 44.4 Å². The normalized spacial score (nSPS) is 23.9. The van der Waals surface area contributed by atoms with Gasteiger partial charge >= 0.3 is 0 Å². The zero-order chi connectivity index (χ0) is 14.3. The number of piperidine rings is 1. The van der Waals surface area contributed by atoms with Gasteiger partial charge < -0.3 is 10.1 Å². The highest BCUT2D eigenvalue weighted by Crippen LogP contribution is 2.15. The summed E-state index contributed by atoms with van der Waals surface area (Å²) in [6.45, 7) is 4.47. The van der Waals surface area contributed by atoms with Crippen molar-refractivity contribution in [3.05, 3.63) is 48.2 Å². The summed E-state index contributed by atoms with van der Waals surface area (Å²) in [6.07, 6.45) is 9.14. The number of allylic oxidation sites excluding steroid dienone is 1. The molecule has 1 unspecified atom stereocenters. The molecule has 1 saturated heterocycles. The van der Waals surface area contributed by atoms with Crippen LogP contribution in [0.2, 0.25) is 0 Å². The molecule has 0 amide bonds. The molecule has 21 heavy (non-hydrogen) atoms. The molecule has 2 heterocycles. The van der Waals surface area contributed by atoms with Crippen LogP contribution in [-0.2, 0) is 11.3 Å². The fourth-order valence-corrected chi connectivity index (χ4v) is 3.17. The monoisotopic (exact) mass is 286 g/mol. The number of hydrogen-bond donors (Lipinski definition) is 1. The summed E-state index contributed by atoms with van der Waals surface area (Å²) in [5, 5.41) is 3.69. The van der Waals surface area contributed by atoms with Crippen LogP contribution in [0.1, 0.15) is 31.2 Å². The maximum Gasteiger partial charge on any atom is 0.110 e. The maximum absolute atomic E-state index is 5.62. The Labute approximate surface area is 128 Å². The highest BCUT2D eigenvalue weighted by atomic mass is 16.5. The molecule has 0 aromatic heterocycles. The van der Waals surface area contributed by atoms with Crippen LogP contribution < -0.4 is 5.32 Å². The molecule has 0 saturated carbocycles. The van der Waals surface area contributed by atoms with Crippen molar-refractivity contribution in [3.8, 4) is 0 Å². The number of ether oxygens (including phenoxy) is 1. The van der Waals surface area contributed by atoms with E-state index in [4.69, 9.17) is 4.74 Å². The fourth-order valence-electron chi connectivity index (χ4n) is 3.17. The predicted octanol–water partition coefficient (Wildman–Crippen LogP) is 2.93. The Bertz CT molecular complexity index is 438. The summed E-state index contributed by atoms with van der Waals surface area (Å²) in [7, 11) is 0. The van der Waals surface area contributed by atoms with Crippen LogP contribution >= 0.6 is 0 Å². The van der Waals surface area contributed by atoms with Crippen LogP contribution in [0.4, 0.5) is 0 Å². The molecule has 1 atom stereocenters. The molecule has 3 rings (SSSR count). The third kappa shape index (κ3) is 4.58. The first-order chi connectivity index (χ1) is 10.4. The van der Waals surface area contributed by atoms with E-state index in [0.717, 1.165) is 25.9 Å². The molecule has 114 valence electrons. The summed E-state index contributed by atoms with van der Waals surface area (Å²) < 4.78 is 5.62. The second kappa shape index (κ2) is 7.62. The molecule has 0 aliphatic carbocycles. The van der Waals surface area contributed by atoms with Crippen LogP contribution in [0.25, 0.3) is 0 Å². The van der Waals surface area contributed by atoms with E-state index in [2.05, 4.69) is 46.6 Å². The lowest BCUT2D eigenvalue weighted by molar-refractivity contribution is 0.111. The molecule has 2 aliphatic heterocycles. The van der Waals surface area contributed by atoms with E-state index in [1.54, 1.807) is 0 Å². The summed E-state index contributed by atoms with van der Waals surface area (Å²) >= 11 is 0. The first-order valence-electron chi connectivity index (χ1n) is 8.20. The Hall–Kier alpha value is -1.32. The standard InChI is InChI=1S/C18H26N2O/c1-2-6-16(7-3-1)15-20-11-9-17(10-12-20)19-14-18-8-4-5-13-21-18/h1-3,5-7,13,17-19H,4,8-12,14-15H2. The maximum atomic E-state index is 5.62. The molecule has 0 spiro atoms. The highest BCUT2D eigenvalue weighted by Gasteiger charge is 2.20. The van der Waals surface area contributed by atoms with Gasteiger partial charge in [-0.2, -0.15) is 0 Å². The molecule has 1 fully saturated rings. The Morgan fingerprint density at radius 3 is 2.62 bits per heavy atom. The van der Waals surface area contributed by atoms with Crippen molar-refractivity contribution in [3.63, 3.8) is 0 Å². The van der Waals surface area contributed by atoms with E-state index >= 15 is 0 Å². The van der Waals surface area contributed by atoms with Gasteiger partial charge in [-0.1, -0.05) is 30.3 Å². The minimum absolute atomic E-state index is 0.373. The number of likely N-dealkylation sites (tertiary alicyclic amines) is 1. The zero-order valence-electron chi connectivity index (χ0n) is 12.7. The lowest BCUT2D eigenvalue weighted by Gasteiger charge is -2.33. The second-order valence-corrected chi connectivity index (χ2v) is 6.15. The minimum atomic E-state index is 0.373. The Kier molecular flexibility index (Phi) is 5.30. The van der Waals surface area contributed by atoms with E-state index in [1.165, 1.54) is 31.5 Å². The molecule has 1 aromatic rings.